The Kier molecular flexibility index (Phi) is 2.19. The second-order valence-corrected chi connectivity index (χ2v) is 2.42. The summed E-state index contributed by atoms with van der Waals surface area (Å²) in [6.07, 6.45) is 0. The van der Waals surface area contributed by atoms with Gasteiger partial charge in [0.15, 0.2) is 0 Å². The van der Waals surface area contributed by atoms with Crippen molar-refractivity contribution < 1.29 is 9.13 Å². The van der Waals surface area contributed by atoms with Gasteiger partial charge in [-0.1, -0.05) is 11.6 Å². The summed E-state index contributed by atoms with van der Waals surface area (Å²) in [5.74, 6) is -0.232. The second kappa shape index (κ2) is 2.96. The summed E-state index contributed by atoms with van der Waals surface area (Å²) < 4.78 is 17.4. The maximum absolute atomic E-state index is 12.7. The third-order valence-electron chi connectivity index (χ3n) is 1.27. The highest BCUT2D eigenvalue weighted by molar-refractivity contribution is 6.32. The Labute approximate surface area is 68.7 Å². The van der Waals surface area contributed by atoms with E-state index in [2.05, 4.69) is 0 Å². The van der Waals surface area contributed by atoms with Gasteiger partial charge in [-0.05, 0) is 6.07 Å². The van der Waals surface area contributed by atoms with Crippen molar-refractivity contribution in [1.29, 1.82) is 0 Å². The number of halogens is 2. The van der Waals surface area contributed by atoms with Crippen molar-refractivity contribution >= 4 is 17.3 Å². The van der Waals surface area contributed by atoms with E-state index in [0.29, 0.717) is 10.8 Å². The van der Waals surface area contributed by atoms with Gasteiger partial charge in [0.05, 0.1) is 17.8 Å². The quantitative estimate of drug-likeness (QED) is 0.664. The molecule has 0 bridgehead atoms. The van der Waals surface area contributed by atoms with E-state index >= 15 is 0 Å². The monoisotopic (exact) mass is 175 g/mol. The number of nitrogens with two attached hydrogens (primary N) is 1. The Balaban J connectivity index is 3.21. The van der Waals surface area contributed by atoms with Crippen LogP contribution in [0.1, 0.15) is 0 Å². The standard InChI is InChI=1S/C7H7ClFNO/c1-11-7-3-5(9)6(10)2-4(7)8/h2-3H,10H2,1H3. The van der Waals surface area contributed by atoms with Gasteiger partial charge < -0.3 is 10.5 Å². The van der Waals surface area contributed by atoms with Gasteiger partial charge in [-0.2, -0.15) is 0 Å². The topological polar surface area (TPSA) is 35.2 Å². The van der Waals surface area contributed by atoms with Gasteiger partial charge in [-0.15, -0.1) is 0 Å². The summed E-state index contributed by atoms with van der Waals surface area (Å²) in [4.78, 5) is 0. The van der Waals surface area contributed by atoms with E-state index in [1.165, 1.54) is 13.2 Å². The van der Waals surface area contributed by atoms with Gasteiger partial charge in [-0.3, -0.25) is 0 Å². The van der Waals surface area contributed by atoms with Crippen LogP contribution in [-0.4, -0.2) is 7.11 Å². The third kappa shape index (κ3) is 1.54. The number of rotatable bonds is 1. The van der Waals surface area contributed by atoms with Crippen molar-refractivity contribution in [2.24, 2.45) is 0 Å². The zero-order valence-electron chi connectivity index (χ0n) is 5.90. The van der Waals surface area contributed by atoms with Crippen LogP contribution in [0.15, 0.2) is 12.1 Å². The molecule has 60 valence electrons. The van der Waals surface area contributed by atoms with Gasteiger partial charge in [0.2, 0.25) is 0 Å². The third-order valence-corrected chi connectivity index (χ3v) is 1.57. The maximum atomic E-state index is 12.7. The lowest BCUT2D eigenvalue weighted by molar-refractivity contribution is 0.412. The van der Waals surface area contributed by atoms with Crippen LogP contribution < -0.4 is 10.5 Å². The van der Waals surface area contributed by atoms with Crippen molar-refractivity contribution in [3.05, 3.63) is 23.0 Å². The Morgan fingerprint density at radius 2 is 2.18 bits per heavy atom. The van der Waals surface area contributed by atoms with Crippen molar-refractivity contribution in [2.45, 2.75) is 0 Å². The minimum Gasteiger partial charge on any atom is -0.495 e. The highest BCUT2D eigenvalue weighted by atomic mass is 35.5. The number of hydrogen-bond donors (Lipinski definition) is 1. The SMILES string of the molecule is COc1cc(F)c(N)cc1Cl. The molecule has 0 aliphatic carbocycles. The van der Waals surface area contributed by atoms with Crippen molar-refractivity contribution in [3.8, 4) is 5.75 Å². The lowest BCUT2D eigenvalue weighted by Gasteiger charge is -2.03. The van der Waals surface area contributed by atoms with Gasteiger partial charge in [-0.25, -0.2) is 4.39 Å². The number of ether oxygens (including phenoxy) is 1. The van der Waals surface area contributed by atoms with E-state index < -0.39 is 5.82 Å². The molecule has 1 aromatic rings. The Morgan fingerprint density at radius 1 is 1.55 bits per heavy atom. The summed E-state index contributed by atoms with van der Waals surface area (Å²) in [5, 5.41) is 0.311. The lowest BCUT2D eigenvalue weighted by atomic mass is 10.3. The van der Waals surface area contributed by atoms with E-state index in [0.717, 1.165) is 6.07 Å². The first-order valence-electron chi connectivity index (χ1n) is 2.93. The van der Waals surface area contributed by atoms with E-state index in [9.17, 15) is 4.39 Å². The number of methoxy groups -OCH3 is 1. The molecule has 0 heterocycles. The molecule has 0 amide bonds. The molecule has 0 unspecified atom stereocenters. The van der Waals surface area contributed by atoms with Gasteiger partial charge in [0, 0.05) is 6.07 Å². The van der Waals surface area contributed by atoms with Crippen LogP contribution in [0.5, 0.6) is 5.75 Å². The van der Waals surface area contributed by atoms with Crippen LogP contribution >= 0.6 is 11.6 Å². The predicted octanol–water partition coefficient (Wildman–Crippen LogP) is 2.07. The highest BCUT2D eigenvalue weighted by Gasteiger charge is 2.05. The fraction of sp³-hybridized carbons (Fsp3) is 0.143. The molecule has 0 saturated carbocycles. The van der Waals surface area contributed by atoms with Gasteiger partial charge in [0.25, 0.3) is 0 Å². The van der Waals surface area contributed by atoms with Gasteiger partial charge in [0.1, 0.15) is 11.6 Å². The van der Waals surface area contributed by atoms with Crippen molar-refractivity contribution in [3.63, 3.8) is 0 Å². The van der Waals surface area contributed by atoms with Crippen LogP contribution in [0.25, 0.3) is 0 Å². The number of anilines is 1. The molecular weight excluding hydrogens is 169 g/mol. The summed E-state index contributed by atoms with van der Waals surface area (Å²) >= 11 is 5.63. The largest absolute Gasteiger partial charge is 0.495 e. The van der Waals surface area contributed by atoms with Gasteiger partial charge >= 0.3 is 0 Å². The maximum Gasteiger partial charge on any atom is 0.149 e. The fourth-order valence-electron chi connectivity index (χ4n) is 0.700. The molecule has 0 aliphatic heterocycles. The number of hydrogen-bond acceptors (Lipinski definition) is 2. The van der Waals surface area contributed by atoms with E-state index in [1.807, 2.05) is 0 Å². The molecule has 0 aromatic heterocycles. The molecule has 1 rings (SSSR count). The minimum absolute atomic E-state index is 0.0239. The fourth-order valence-corrected chi connectivity index (χ4v) is 0.950. The molecule has 0 saturated heterocycles. The molecule has 11 heavy (non-hydrogen) atoms. The smallest absolute Gasteiger partial charge is 0.149 e. The predicted molar refractivity (Wildman–Crippen MR) is 42.4 cm³/mol. The second-order valence-electron chi connectivity index (χ2n) is 2.01. The Morgan fingerprint density at radius 3 is 2.73 bits per heavy atom. The minimum atomic E-state index is -0.522. The summed E-state index contributed by atoms with van der Waals surface area (Å²) in [6.45, 7) is 0. The van der Waals surface area contributed by atoms with Crippen LogP contribution in [-0.2, 0) is 0 Å². The highest BCUT2D eigenvalue weighted by Crippen LogP contribution is 2.28. The van der Waals surface area contributed by atoms with E-state index in [-0.39, 0.29) is 5.69 Å². The number of nitrogen functional groups attached to an aromatic ring is 1. The lowest BCUT2D eigenvalue weighted by Crippen LogP contribution is -1.92. The Hall–Kier alpha value is -0.960. The first kappa shape index (κ1) is 8.14. The summed E-state index contributed by atoms with van der Waals surface area (Å²) in [5.41, 5.74) is 5.25. The van der Waals surface area contributed by atoms with Crippen LogP contribution in [0.4, 0.5) is 10.1 Å². The Bertz CT molecular complexity index is 277. The average molecular weight is 176 g/mol. The molecule has 0 fully saturated rings. The molecule has 0 radical (unpaired) electrons. The first-order chi connectivity index (χ1) is 5.15. The van der Waals surface area contributed by atoms with E-state index in [1.54, 1.807) is 0 Å². The molecular formula is C7H7ClFNO. The molecule has 2 nitrogen and oxygen atoms in total. The van der Waals surface area contributed by atoms with Crippen LogP contribution in [0.3, 0.4) is 0 Å². The van der Waals surface area contributed by atoms with Crippen molar-refractivity contribution in [1.82, 2.24) is 0 Å². The summed E-state index contributed by atoms with van der Waals surface area (Å²) in [6, 6.07) is 2.47. The molecule has 1 aromatic carbocycles. The summed E-state index contributed by atoms with van der Waals surface area (Å²) in [7, 11) is 1.41. The van der Waals surface area contributed by atoms with Crippen LogP contribution in [0, 0.1) is 5.82 Å². The molecule has 0 aliphatic rings. The number of benzene rings is 1. The normalized spacial score (nSPS) is 9.73. The van der Waals surface area contributed by atoms with Crippen molar-refractivity contribution in [2.75, 3.05) is 12.8 Å². The molecule has 4 heteroatoms. The molecule has 0 spiro atoms. The zero-order valence-corrected chi connectivity index (χ0v) is 6.65. The van der Waals surface area contributed by atoms with Crippen LogP contribution in [0.2, 0.25) is 5.02 Å². The molecule has 2 N–H and O–H groups in total. The average Bonchev–Trinajstić information content (AvgIpc) is 1.97. The first-order valence-corrected chi connectivity index (χ1v) is 3.31. The molecule has 0 atom stereocenters. The van der Waals surface area contributed by atoms with E-state index in [4.69, 9.17) is 22.1 Å². The zero-order chi connectivity index (χ0) is 8.43.